The van der Waals surface area contributed by atoms with Crippen molar-refractivity contribution in [2.45, 2.75) is 56.9 Å². The Kier molecular flexibility index (Phi) is 6.16. The van der Waals surface area contributed by atoms with Gasteiger partial charge < -0.3 is 14.7 Å². The number of amides is 2. The first-order chi connectivity index (χ1) is 14.5. The van der Waals surface area contributed by atoms with E-state index in [0.29, 0.717) is 36.9 Å². The molecular weight excluding hydrogens is 380 g/mol. The number of nitrogens with zero attached hydrogens (tertiary/aromatic N) is 3. The van der Waals surface area contributed by atoms with Gasteiger partial charge in [0.15, 0.2) is 0 Å². The van der Waals surface area contributed by atoms with Crippen molar-refractivity contribution in [3.05, 3.63) is 36.2 Å². The standard InChI is InChI=1S/C23H30N4O3/c1-27(2)23(29)17-13-18(19(14-17)24-20(28)12-15-8-6-7-9-15)22-25-21(26-30-22)16-10-4-3-5-11-16/h3-5,10-11,15,17-19H,6-9,12-14H2,1-2H3,(H,24,28)/t17-,18-,19+/m1/s1. The second-order valence-electron chi connectivity index (χ2n) is 8.86. The molecule has 1 N–H and O–H groups in total. The van der Waals surface area contributed by atoms with Crippen LogP contribution < -0.4 is 5.32 Å². The summed E-state index contributed by atoms with van der Waals surface area (Å²) >= 11 is 0. The maximum absolute atomic E-state index is 12.7. The van der Waals surface area contributed by atoms with Crippen molar-refractivity contribution in [3.8, 4) is 11.4 Å². The highest BCUT2D eigenvalue weighted by Gasteiger charge is 2.43. The Labute approximate surface area is 177 Å². The molecule has 3 atom stereocenters. The lowest BCUT2D eigenvalue weighted by Crippen LogP contribution is -2.38. The lowest BCUT2D eigenvalue weighted by atomic mass is 10.0. The highest BCUT2D eigenvalue weighted by molar-refractivity contribution is 5.80. The van der Waals surface area contributed by atoms with Crippen LogP contribution in [0.3, 0.4) is 0 Å². The van der Waals surface area contributed by atoms with Crippen molar-refractivity contribution in [1.82, 2.24) is 20.4 Å². The van der Waals surface area contributed by atoms with Crippen molar-refractivity contribution in [3.63, 3.8) is 0 Å². The van der Waals surface area contributed by atoms with Crippen LogP contribution in [0.1, 0.15) is 56.8 Å². The van der Waals surface area contributed by atoms with Gasteiger partial charge in [-0.1, -0.05) is 48.3 Å². The van der Waals surface area contributed by atoms with Crippen molar-refractivity contribution < 1.29 is 14.1 Å². The van der Waals surface area contributed by atoms with Gasteiger partial charge in [-0.05, 0) is 31.6 Å². The van der Waals surface area contributed by atoms with E-state index >= 15 is 0 Å². The Balaban J connectivity index is 1.51. The number of hydrogen-bond donors (Lipinski definition) is 1. The Morgan fingerprint density at radius 3 is 2.57 bits per heavy atom. The first-order valence-corrected chi connectivity index (χ1v) is 10.9. The van der Waals surface area contributed by atoms with Gasteiger partial charge in [0.05, 0.1) is 5.92 Å². The minimum Gasteiger partial charge on any atom is -0.353 e. The molecule has 160 valence electrons. The number of rotatable bonds is 6. The summed E-state index contributed by atoms with van der Waals surface area (Å²) in [4.78, 5) is 31.5. The highest BCUT2D eigenvalue weighted by atomic mass is 16.5. The number of carbonyl (C=O) groups excluding carboxylic acids is 2. The molecule has 0 aliphatic heterocycles. The predicted octanol–water partition coefficient (Wildman–Crippen LogP) is 3.38. The molecule has 0 spiro atoms. The molecule has 4 rings (SSSR count). The Bertz CT molecular complexity index is 874. The van der Waals surface area contributed by atoms with Gasteiger partial charge in [-0.2, -0.15) is 4.98 Å². The normalized spacial score (nSPS) is 24.1. The van der Waals surface area contributed by atoms with Crippen molar-refractivity contribution in [2.24, 2.45) is 11.8 Å². The first-order valence-electron chi connectivity index (χ1n) is 10.9. The summed E-state index contributed by atoms with van der Waals surface area (Å²) in [5.74, 6) is 1.34. The Morgan fingerprint density at radius 2 is 1.87 bits per heavy atom. The molecule has 0 radical (unpaired) electrons. The molecule has 1 heterocycles. The molecule has 0 bridgehead atoms. The minimum atomic E-state index is -0.170. The van der Waals surface area contributed by atoms with Crippen LogP contribution in [-0.2, 0) is 9.59 Å². The van der Waals surface area contributed by atoms with Gasteiger partial charge >= 0.3 is 0 Å². The SMILES string of the molecule is CN(C)C(=O)[C@H]1C[C@H](NC(=O)CC2CCCC2)[C@H](c2nc(-c3ccccc3)no2)C1. The van der Waals surface area contributed by atoms with Gasteiger partial charge in [0, 0.05) is 38.0 Å². The van der Waals surface area contributed by atoms with Crippen LogP contribution in [0.5, 0.6) is 0 Å². The molecule has 1 aromatic heterocycles. The van der Waals surface area contributed by atoms with E-state index in [1.165, 1.54) is 12.8 Å². The molecule has 0 saturated heterocycles. The van der Waals surface area contributed by atoms with Crippen molar-refractivity contribution in [1.29, 1.82) is 0 Å². The second-order valence-corrected chi connectivity index (χ2v) is 8.86. The van der Waals surface area contributed by atoms with Crippen LogP contribution in [0, 0.1) is 11.8 Å². The second kappa shape index (κ2) is 8.98. The molecular formula is C23H30N4O3. The molecule has 1 aromatic carbocycles. The fourth-order valence-electron chi connectivity index (χ4n) is 4.87. The monoisotopic (exact) mass is 410 g/mol. The summed E-state index contributed by atoms with van der Waals surface area (Å²) in [5.41, 5.74) is 0.883. The molecule has 2 aromatic rings. The summed E-state index contributed by atoms with van der Waals surface area (Å²) < 4.78 is 5.60. The first kappa shape index (κ1) is 20.6. The minimum absolute atomic E-state index is 0.0673. The maximum Gasteiger partial charge on any atom is 0.232 e. The average Bonchev–Trinajstić information content (AvgIpc) is 3.48. The summed E-state index contributed by atoms with van der Waals surface area (Å²) in [6, 6.07) is 9.49. The van der Waals surface area contributed by atoms with Gasteiger partial charge in [0.25, 0.3) is 0 Å². The lowest BCUT2D eigenvalue weighted by Gasteiger charge is -2.19. The molecule has 2 saturated carbocycles. The van der Waals surface area contributed by atoms with Gasteiger partial charge in [-0.3, -0.25) is 9.59 Å². The lowest BCUT2D eigenvalue weighted by molar-refractivity contribution is -0.133. The number of carbonyl (C=O) groups is 2. The average molecular weight is 411 g/mol. The fraction of sp³-hybridized carbons (Fsp3) is 0.565. The van der Waals surface area contributed by atoms with Crippen molar-refractivity contribution >= 4 is 11.8 Å². The molecule has 7 heteroatoms. The van der Waals surface area contributed by atoms with E-state index in [1.807, 2.05) is 30.3 Å². The van der Waals surface area contributed by atoms with E-state index in [4.69, 9.17) is 4.52 Å². The summed E-state index contributed by atoms with van der Waals surface area (Å²) in [6.07, 6.45) is 6.46. The van der Waals surface area contributed by atoms with E-state index in [9.17, 15) is 9.59 Å². The topological polar surface area (TPSA) is 88.3 Å². The molecule has 7 nitrogen and oxygen atoms in total. The summed E-state index contributed by atoms with van der Waals surface area (Å²) in [7, 11) is 3.53. The van der Waals surface area contributed by atoms with Gasteiger partial charge in [-0.15, -0.1) is 0 Å². The number of aromatic nitrogens is 2. The number of nitrogens with one attached hydrogen (secondary N) is 1. The van der Waals surface area contributed by atoms with E-state index in [0.717, 1.165) is 18.4 Å². The molecule has 30 heavy (non-hydrogen) atoms. The smallest absolute Gasteiger partial charge is 0.232 e. The van der Waals surface area contributed by atoms with Crippen LogP contribution in [0.15, 0.2) is 34.9 Å². The van der Waals surface area contributed by atoms with Crippen LogP contribution in [0.4, 0.5) is 0 Å². The van der Waals surface area contributed by atoms with E-state index in [2.05, 4.69) is 15.5 Å². The third kappa shape index (κ3) is 4.55. The Hall–Kier alpha value is -2.70. The molecule has 2 aliphatic carbocycles. The largest absolute Gasteiger partial charge is 0.353 e. The van der Waals surface area contributed by atoms with E-state index in [-0.39, 0.29) is 29.7 Å². The van der Waals surface area contributed by atoms with E-state index < -0.39 is 0 Å². The highest BCUT2D eigenvalue weighted by Crippen LogP contribution is 2.39. The van der Waals surface area contributed by atoms with Gasteiger partial charge in [-0.25, -0.2) is 0 Å². The predicted molar refractivity (Wildman–Crippen MR) is 112 cm³/mol. The van der Waals surface area contributed by atoms with Crippen LogP contribution >= 0.6 is 0 Å². The zero-order valence-electron chi connectivity index (χ0n) is 17.7. The Morgan fingerprint density at radius 1 is 1.13 bits per heavy atom. The third-order valence-electron chi connectivity index (χ3n) is 6.44. The fourth-order valence-corrected chi connectivity index (χ4v) is 4.87. The number of benzene rings is 1. The van der Waals surface area contributed by atoms with Gasteiger partial charge in [0.1, 0.15) is 0 Å². The zero-order valence-corrected chi connectivity index (χ0v) is 17.7. The van der Waals surface area contributed by atoms with Crippen LogP contribution in [0.2, 0.25) is 0 Å². The maximum atomic E-state index is 12.7. The zero-order chi connectivity index (χ0) is 21.1. The summed E-state index contributed by atoms with van der Waals surface area (Å²) in [6.45, 7) is 0. The molecule has 2 amide bonds. The van der Waals surface area contributed by atoms with Crippen molar-refractivity contribution in [2.75, 3.05) is 14.1 Å². The third-order valence-corrected chi connectivity index (χ3v) is 6.44. The number of hydrogen-bond acceptors (Lipinski definition) is 5. The van der Waals surface area contributed by atoms with Crippen LogP contribution in [-0.4, -0.2) is 47.0 Å². The quantitative estimate of drug-likeness (QED) is 0.789. The van der Waals surface area contributed by atoms with E-state index in [1.54, 1.807) is 19.0 Å². The van der Waals surface area contributed by atoms with Crippen LogP contribution in [0.25, 0.3) is 11.4 Å². The molecule has 2 fully saturated rings. The molecule has 2 aliphatic rings. The summed E-state index contributed by atoms with van der Waals surface area (Å²) in [5, 5.41) is 7.33. The molecule has 0 unspecified atom stereocenters. The van der Waals surface area contributed by atoms with Gasteiger partial charge in [0.2, 0.25) is 23.5 Å².